The van der Waals surface area contributed by atoms with Crippen molar-refractivity contribution < 1.29 is 19.8 Å². The molecule has 0 heterocycles. The summed E-state index contributed by atoms with van der Waals surface area (Å²) < 4.78 is 0. The SMILES string of the molecule is C=C(C)C(=O)N[C@H](CO)C(=O)O. The van der Waals surface area contributed by atoms with Crippen LogP contribution in [0.25, 0.3) is 0 Å². The highest BCUT2D eigenvalue weighted by atomic mass is 16.4. The van der Waals surface area contributed by atoms with Crippen LogP contribution in [0.3, 0.4) is 0 Å². The molecule has 0 aromatic carbocycles. The maximum absolute atomic E-state index is 10.8. The number of carbonyl (C=O) groups excluding carboxylic acids is 1. The van der Waals surface area contributed by atoms with E-state index in [1.807, 2.05) is 0 Å². The van der Waals surface area contributed by atoms with E-state index in [1.54, 1.807) is 0 Å². The van der Waals surface area contributed by atoms with Gasteiger partial charge in [-0.2, -0.15) is 0 Å². The largest absolute Gasteiger partial charge is 0.480 e. The van der Waals surface area contributed by atoms with Crippen LogP contribution >= 0.6 is 0 Å². The summed E-state index contributed by atoms with van der Waals surface area (Å²) in [7, 11) is 0. The molecule has 0 aliphatic heterocycles. The number of carboxylic acids is 1. The molecule has 1 amide bonds. The van der Waals surface area contributed by atoms with Crippen molar-refractivity contribution in [1.29, 1.82) is 0 Å². The van der Waals surface area contributed by atoms with Crippen LogP contribution in [-0.4, -0.2) is 34.7 Å². The Morgan fingerprint density at radius 2 is 2.08 bits per heavy atom. The van der Waals surface area contributed by atoms with Crippen molar-refractivity contribution in [3.63, 3.8) is 0 Å². The third kappa shape index (κ3) is 3.16. The van der Waals surface area contributed by atoms with Crippen molar-refractivity contribution in [2.24, 2.45) is 0 Å². The molecule has 0 unspecified atom stereocenters. The Labute approximate surface area is 69.7 Å². The molecule has 68 valence electrons. The van der Waals surface area contributed by atoms with Gasteiger partial charge in [0.2, 0.25) is 5.91 Å². The van der Waals surface area contributed by atoms with E-state index >= 15 is 0 Å². The number of aliphatic hydroxyl groups is 1. The minimum Gasteiger partial charge on any atom is -0.480 e. The van der Waals surface area contributed by atoms with Gasteiger partial charge in [-0.1, -0.05) is 6.58 Å². The number of nitrogens with one attached hydrogen (secondary N) is 1. The molecule has 0 saturated carbocycles. The van der Waals surface area contributed by atoms with Gasteiger partial charge >= 0.3 is 5.97 Å². The number of carboxylic acid groups (broad SMARTS) is 1. The minimum absolute atomic E-state index is 0.203. The number of aliphatic carboxylic acids is 1. The number of aliphatic hydroxyl groups excluding tert-OH is 1. The Bertz CT molecular complexity index is 211. The molecule has 5 nitrogen and oxygen atoms in total. The Balaban J connectivity index is 4.12. The lowest BCUT2D eigenvalue weighted by atomic mass is 10.2. The van der Waals surface area contributed by atoms with E-state index in [0.717, 1.165) is 0 Å². The van der Waals surface area contributed by atoms with Gasteiger partial charge in [-0.3, -0.25) is 4.79 Å². The molecule has 1 atom stereocenters. The highest BCUT2D eigenvalue weighted by Crippen LogP contribution is 1.89. The summed E-state index contributed by atoms with van der Waals surface area (Å²) in [5.74, 6) is -1.84. The summed E-state index contributed by atoms with van der Waals surface area (Å²) in [4.78, 5) is 21.1. The van der Waals surface area contributed by atoms with Gasteiger partial charge < -0.3 is 15.5 Å². The number of rotatable bonds is 4. The van der Waals surface area contributed by atoms with Crippen molar-refractivity contribution in [3.8, 4) is 0 Å². The fraction of sp³-hybridized carbons (Fsp3) is 0.429. The predicted octanol–water partition coefficient (Wildman–Crippen LogP) is -0.876. The van der Waals surface area contributed by atoms with Crippen LogP contribution in [0.5, 0.6) is 0 Å². The molecule has 0 radical (unpaired) electrons. The zero-order valence-electron chi connectivity index (χ0n) is 6.70. The van der Waals surface area contributed by atoms with Gasteiger partial charge in [-0.05, 0) is 6.92 Å². The maximum Gasteiger partial charge on any atom is 0.328 e. The highest BCUT2D eigenvalue weighted by molar-refractivity contribution is 5.94. The Kier molecular flexibility index (Phi) is 3.99. The molecule has 3 N–H and O–H groups in total. The Morgan fingerprint density at radius 3 is 2.33 bits per heavy atom. The maximum atomic E-state index is 10.8. The van der Waals surface area contributed by atoms with Gasteiger partial charge in [0.15, 0.2) is 6.04 Å². The second-order valence-electron chi connectivity index (χ2n) is 2.33. The molecule has 0 aromatic heterocycles. The zero-order valence-corrected chi connectivity index (χ0v) is 6.70. The summed E-state index contributed by atoms with van der Waals surface area (Å²) >= 11 is 0. The smallest absolute Gasteiger partial charge is 0.328 e. The van der Waals surface area contributed by atoms with Gasteiger partial charge in [-0.25, -0.2) is 4.79 Å². The van der Waals surface area contributed by atoms with Crippen LogP contribution in [0, 0.1) is 0 Å². The molecule has 0 saturated heterocycles. The van der Waals surface area contributed by atoms with Crippen molar-refractivity contribution >= 4 is 11.9 Å². The average molecular weight is 173 g/mol. The van der Waals surface area contributed by atoms with Crippen molar-refractivity contribution in [3.05, 3.63) is 12.2 Å². The molecule has 0 rings (SSSR count). The molecule has 0 aromatic rings. The first-order valence-electron chi connectivity index (χ1n) is 3.29. The zero-order chi connectivity index (χ0) is 9.72. The number of hydrogen-bond donors (Lipinski definition) is 3. The lowest BCUT2D eigenvalue weighted by Crippen LogP contribution is -2.43. The molecule has 0 fully saturated rings. The van der Waals surface area contributed by atoms with E-state index in [4.69, 9.17) is 10.2 Å². The van der Waals surface area contributed by atoms with E-state index < -0.39 is 24.5 Å². The predicted molar refractivity (Wildman–Crippen MR) is 41.5 cm³/mol. The van der Waals surface area contributed by atoms with Gasteiger partial charge in [0, 0.05) is 5.57 Å². The van der Waals surface area contributed by atoms with Crippen molar-refractivity contribution in [2.75, 3.05) is 6.61 Å². The number of amides is 1. The summed E-state index contributed by atoms with van der Waals surface area (Å²) in [5.41, 5.74) is 0.203. The first-order valence-corrected chi connectivity index (χ1v) is 3.29. The highest BCUT2D eigenvalue weighted by Gasteiger charge is 2.18. The van der Waals surface area contributed by atoms with E-state index in [2.05, 4.69) is 11.9 Å². The Morgan fingerprint density at radius 1 is 1.58 bits per heavy atom. The van der Waals surface area contributed by atoms with Crippen LogP contribution < -0.4 is 5.32 Å². The van der Waals surface area contributed by atoms with Gasteiger partial charge in [0.05, 0.1) is 6.61 Å². The van der Waals surface area contributed by atoms with Crippen molar-refractivity contribution in [1.82, 2.24) is 5.32 Å². The van der Waals surface area contributed by atoms with Crippen LogP contribution in [0.2, 0.25) is 0 Å². The summed E-state index contributed by atoms with van der Waals surface area (Å²) in [6.07, 6.45) is 0. The third-order valence-electron chi connectivity index (χ3n) is 1.17. The van der Waals surface area contributed by atoms with Gasteiger partial charge in [-0.15, -0.1) is 0 Å². The monoisotopic (exact) mass is 173 g/mol. The standard InChI is InChI=1S/C7H11NO4/c1-4(2)6(10)8-5(3-9)7(11)12/h5,9H,1,3H2,2H3,(H,8,10)(H,11,12)/t5-/m1/s1. The van der Waals surface area contributed by atoms with Crippen LogP contribution in [0.4, 0.5) is 0 Å². The second-order valence-corrected chi connectivity index (χ2v) is 2.33. The summed E-state index contributed by atoms with van der Waals surface area (Å²) in [6.45, 7) is 4.13. The lowest BCUT2D eigenvalue weighted by molar-refractivity contribution is -0.142. The van der Waals surface area contributed by atoms with E-state index in [-0.39, 0.29) is 5.57 Å². The van der Waals surface area contributed by atoms with Gasteiger partial charge in [0.25, 0.3) is 0 Å². The normalized spacial score (nSPS) is 11.8. The van der Waals surface area contributed by atoms with E-state index in [1.165, 1.54) is 6.92 Å². The van der Waals surface area contributed by atoms with Crippen LogP contribution in [0.1, 0.15) is 6.92 Å². The number of hydrogen-bond acceptors (Lipinski definition) is 3. The first kappa shape index (κ1) is 10.6. The molecule has 5 heteroatoms. The third-order valence-corrected chi connectivity index (χ3v) is 1.17. The fourth-order valence-electron chi connectivity index (χ4n) is 0.467. The van der Waals surface area contributed by atoms with Crippen LogP contribution in [0.15, 0.2) is 12.2 Å². The fourth-order valence-corrected chi connectivity index (χ4v) is 0.467. The van der Waals surface area contributed by atoms with Crippen LogP contribution in [-0.2, 0) is 9.59 Å². The molecule has 0 bridgehead atoms. The molecule has 0 aliphatic carbocycles. The Hall–Kier alpha value is -1.36. The van der Waals surface area contributed by atoms with E-state index in [0.29, 0.717) is 0 Å². The quantitative estimate of drug-likeness (QED) is 0.482. The summed E-state index contributed by atoms with van der Waals surface area (Å²) in [6, 6.07) is -1.26. The average Bonchev–Trinajstić information content (AvgIpc) is 1.98. The lowest BCUT2D eigenvalue weighted by Gasteiger charge is -2.10. The molecular formula is C7H11NO4. The summed E-state index contributed by atoms with van der Waals surface area (Å²) in [5, 5.41) is 19.0. The molecule has 12 heavy (non-hydrogen) atoms. The molecule has 0 spiro atoms. The van der Waals surface area contributed by atoms with Crippen molar-refractivity contribution in [2.45, 2.75) is 13.0 Å². The topological polar surface area (TPSA) is 86.6 Å². The van der Waals surface area contributed by atoms with E-state index in [9.17, 15) is 9.59 Å². The second kappa shape index (κ2) is 4.50. The minimum atomic E-state index is -1.27. The molecular weight excluding hydrogens is 162 g/mol. The van der Waals surface area contributed by atoms with Gasteiger partial charge in [0.1, 0.15) is 0 Å². The number of carbonyl (C=O) groups is 2. The first-order chi connectivity index (χ1) is 5.49. The molecule has 0 aliphatic rings.